The van der Waals surface area contributed by atoms with Gasteiger partial charge in [0.15, 0.2) is 0 Å². The zero-order valence-corrected chi connectivity index (χ0v) is 23.9. The van der Waals surface area contributed by atoms with Gasteiger partial charge in [-0.05, 0) is 24.5 Å². The third kappa shape index (κ3) is 6.71. The van der Waals surface area contributed by atoms with Gasteiger partial charge in [0.1, 0.15) is 6.67 Å². The van der Waals surface area contributed by atoms with E-state index in [1.54, 1.807) is 23.1 Å². The molecular formula is C28H40N4O6S. The predicted molar refractivity (Wildman–Crippen MR) is 149 cm³/mol. The molecule has 1 N–H and O–H groups in total. The zero-order valence-electron chi connectivity index (χ0n) is 23.1. The Balaban J connectivity index is 1.48. The van der Waals surface area contributed by atoms with E-state index in [0.717, 1.165) is 41.1 Å². The maximum absolute atomic E-state index is 13.5. The Kier molecular flexibility index (Phi) is 9.47. The minimum atomic E-state index is -4.05. The summed E-state index contributed by atoms with van der Waals surface area (Å²) in [5.41, 5.74) is 0.879. The van der Waals surface area contributed by atoms with Crippen molar-refractivity contribution in [1.29, 1.82) is 0 Å². The van der Waals surface area contributed by atoms with E-state index in [0.29, 0.717) is 49.1 Å². The van der Waals surface area contributed by atoms with E-state index in [-0.39, 0.29) is 17.2 Å². The summed E-state index contributed by atoms with van der Waals surface area (Å²) < 4.78 is 33.4. The molecule has 2 aromatic rings. The molecule has 1 saturated heterocycles. The summed E-state index contributed by atoms with van der Waals surface area (Å²) in [7, 11) is 1.06. The molecule has 2 aromatic carbocycles. The molecule has 2 aliphatic rings. The molecule has 1 saturated carbocycles. The smallest absolute Gasteiger partial charge is 0.247 e. The maximum atomic E-state index is 13.5. The van der Waals surface area contributed by atoms with E-state index in [1.807, 2.05) is 31.1 Å². The third-order valence-corrected chi connectivity index (χ3v) is 9.68. The van der Waals surface area contributed by atoms with Crippen LogP contribution < -0.4 is 4.90 Å². The van der Waals surface area contributed by atoms with Gasteiger partial charge in [-0.25, -0.2) is 13.5 Å². The van der Waals surface area contributed by atoms with Gasteiger partial charge in [0.25, 0.3) is 0 Å². The summed E-state index contributed by atoms with van der Waals surface area (Å²) >= 11 is 0. The zero-order chi connectivity index (χ0) is 28.2. The van der Waals surface area contributed by atoms with Gasteiger partial charge in [-0.15, -0.1) is 0 Å². The number of amides is 2. The molecule has 4 rings (SSSR count). The van der Waals surface area contributed by atoms with Crippen molar-refractivity contribution in [3.63, 3.8) is 0 Å². The molecule has 2 fully saturated rings. The average molecular weight is 561 g/mol. The number of hydrogen-bond acceptors (Lipinski definition) is 7. The number of carbonyl (C=O) groups is 2. The van der Waals surface area contributed by atoms with Crippen LogP contribution in [-0.2, 0) is 24.3 Å². The second-order valence-corrected chi connectivity index (χ2v) is 12.8. The highest BCUT2D eigenvalue weighted by atomic mass is 32.2. The van der Waals surface area contributed by atoms with Crippen LogP contribution in [0.25, 0.3) is 10.8 Å². The number of hydroxylamine groups is 2. The number of benzene rings is 2. The first-order valence-corrected chi connectivity index (χ1v) is 15.0. The second-order valence-electron chi connectivity index (χ2n) is 10.8. The Morgan fingerprint density at radius 1 is 1.03 bits per heavy atom. The number of rotatable bonds is 10. The van der Waals surface area contributed by atoms with Crippen LogP contribution in [0.2, 0.25) is 0 Å². The SMILES string of the molecule is CN(C)c1cccc2c(S(=O)(=O)N(C)CN(O)C(=O)C[C@@H](CC3CCCC3)C(=O)N3CCOCC3)cccc12. The summed E-state index contributed by atoms with van der Waals surface area (Å²) in [6.45, 7) is 1.35. The van der Waals surface area contributed by atoms with Crippen molar-refractivity contribution in [2.45, 2.75) is 43.4 Å². The van der Waals surface area contributed by atoms with Gasteiger partial charge < -0.3 is 14.5 Å². The van der Waals surface area contributed by atoms with Crippen molar-refractivity contribution >= 4 is 38.3 Å². The molecule has 11 heteroatoms. The Morgan fingerprint density at radius 3 is 2.33 bits per heavy atom. The molecule has 10 nitrogen and oxygen atoms in total. The fourth-order valence-corrected chi connectivity index (χ4v) is 6.97. The lowest BCUT2D eigenvalue weighted by molar-refractivity contribution is -0.172. The van der Waals surface area contributed by atoms with Gasteiger partial charge >= 0.3 is 0 Å². The van der Waals surface area contributed by atoms with Crippen LogP contribution in [0.3, 0.4) is 0 Å². The van der Waals surface area contributed by atoms with Gasteiger partial charge in [0.05, 0.1) is 18.1 Å². The highest BCUT2D eigenvalue weighted by Crippen LogP contribution is 2.33. The Bertz CT molecular complexity index is 1270. The van der Waals surface area contributed by atoms with E-state index in [4.69, 9.17) is 4.74 Å². The molecule has 1 heterocycles. The fourth-order valence-electron chi connectivity index (χ4n) is 5.67. The molecule has 0 bridgehead atoms. The number of anilines is 1. The Labute approximate surface area is 231 Å². The lowest BCUT2D eigenvalue weighted by Crippen LogP contribution is -2.46. The van der Waals surface area contributed by atoms with Crippen LogP contribution in [0.5, 0.6) is 0 Å². The minimum absolute atomic E-state index is 0.0913. The molecular weight excluding hydrogens is 520 g/mol. The highest BCUT2D eigenvalue weighted by Gasteiger charge is 2.33. The summed E-state index contributed by atoms with van der Waals surface area (Å²) in [6.07, 6.45) is 4.73. The number of sulfonamides is 1. The van der Waals surface area contributed by atoms with E-state index in [2.05, 4.69) is 0 Å². The van der Waals surface area contributed by atoms with E-state index >= 15 is 0 Å². The summed E-state index contributed by atoms with van der Waals surface area (Å²) in [4.78, 5) is 30.2. The van der Waals surface area contributed by atoms with Crippen LogP contribution >= 0.6 is 0 Å². The van der Waals surface area contributed by atoms with Crippen LogP contribution in [0.1, 0.15) is 38.5 Å². The molecule has 1 atom stereocenters. The number of carbonyl (C=O) groups excluding carboxylic acids is 2. The van der Waals surface area contributed by atoms with Gasteiger partial charge in [-0.3, -0.25) is 14.8 Å². The van der Waals surface area contributed by atoms with Crippen LogP contribution in [0, 0.1) is 11.8 Å². The van der Waals surface area contributed by atoms with Gasteiger partial charge in [-0.1, -0.05) is 49.9 Å². The van der Waals surface area contributed by atoms with Crippen molar-refractivity contribution < 1.29 is 28.0 Å². The third-order valence-electron chi connectivity index (χ3n) is 7.84. The normalized spacial score (nSPS) is 17.5. The van der Waals surface area contributed by atoms with Crippen molar-refractivity contribution in [3.05, 3.63) is 36.4 Å². The highest BCUT2D eigenvalue weighted by molar-refractivity contribution is 7.89. The van der Waals surface area contributed by atoms with Crippen molar-refractivity contribution in [3.8, 4) is 0 Å². The first kappa shape index (κ1) is 29.3. The molecule has 214 valence electrons. The molecule has 0 spiro atoms. The monoisotopic (exact) mass is 560 g/mol. The average Bonchev–Trinajstić information content (AvgIpc) is 3.45. The molecule has 1 aliphatic carbocycles. The molecule has 0 aromatic heterocycles. The fraction of sp³-hybridized carbons (Fsp3) is 0.571. The molecule has 0 unspecified atom stereocenters. The van der Waals surface area contributed by atoms with Crippen molar-refractivity contribution in [2.24, 2.45) is 11.8 Å². The molecule has 2 amide bonds. The van der Waals surface area contributed by atoms with Crippen LogP contribution in [-0.4, -0.2) is 93.8 Å². The van der Waals surface area contributed by atoms with E-state index in [9.17, 15) is 23.2 Å². The van der Waals surface area contributed by atoms with Crippen LogP contribution in [0.15, 0.2) is 41.3 Å². The van der Waals surface area contributed by atoms with E-state index < -0.39 is 28.5 Å². The van der Waals surface area contributed by atoms with E-state index in [1.165, 1.54) is 13.1 Å². The number of fused-ring (bicyclic) bond motifs is 1. The first-order valence-electron chi connectivity index (χ1n) is 13.6. The molecule has 0 radical (unpaired) electrons. The number of morpholine rings is 1. The second kappa shape index (κ2) is 12.6. The van der Waals surface area contributed by atoms with Crippen molar-refractivity contribution in [1.82, 2.24) is 14.3 Å². The largest absolute Gasteiger partial charge is 0.378 e. The maximum Gasteiger partial charge on any atom is 0.247 e. The topological polar surface area (TPSA) is 111 Å². The number of ether oxygens (including phenoxy) is 1. The lowest BCUT2D eigenvalue weighted by Gasteiger charge is -2.32. The van der Waals surface area contributed by atoms with Crippen LogP contribution in [0.4, 0.5) is 5.69 Å². The Morgan fingerprint density at radius 2 is 1.67 bits per heavy atom. The Hall–Kier alpha value is -2.73. The molecule has 1 aliphatic heterocycles. The van der Waals surface area contributed by atoms with Gasteiger partial charge in [-0.2, -0.15) is 4.31 Å². The summed E-state index contributed by atoms with van der Waals surface area (Å²) in [6, 6.07) is 10.5. The number of nitrogens with zero attached hydrogens (tertiary/aromatic N) is 4. The van der Waals surface area contributed by atoms with Gasteiger partial charge in [0.2, 0.25) is 21.8 Å². The number of hydrogen-bond donors (Lipinski definition) is 1. The predicted octanol–water partition coefficient (Wildman–Crippen LogP) is 3.15. The van der Waals surface area contributed by atoms with Gasteiger partial charge in [0, 0.05) is 63.0 Å². The standard InChI is InChI=1S/C28H40N4O6S/c1-29(2)25-12-6-11-24-23(25)10-7-13-26(24)39(36,37)30(3)20-32(35)27(33)19-22(18-21-8-4-5-9-21)28(34)31-14-16-38-17-15-31/h6-7,10-13,21-22,35H,4-5,8-9,14-20H2,1-3H3/t22-/m1/s1. The molecule has 39 heavy (non-hydrogen) atoms. The minimum Gasteiger partial charge on any atom is -0.378 e. The first-order chi connectivity index (χ1) is 18.6. The quantitative estimate of drug-likeness (QED) is 0.270. The summed E-state index contributed by atoms with van der Waals surface area (Å²) in [5.74, 6) is -0.950. The summed E-state index contributed by atoms with van der Waals surface area (Å²) in [5, 5.41) is 12.4. The lowest BCUT2D eigenvalue weighted by atomic mass is 9.89. The van der Waals surface area contributed by atoms with Crippen molar-refractivity contribution in [2.75, 3.05) is 59.0 Å².